The van der Waals surface area contributed by atoms with Crippen LogP contribution in [0.15, 0.2) is 49.3 Å². The van der Waals surface area contributed by atoms with Crippen LogP contribution in [0.4, 0.5) is 5.82 Å². The number of benzene rings is 1. The highest BCUT2D eigenvalue weighted by Crippen LogP contribution is 2.61. The van der Waals surface area contributed by atoms with Crippen LogP contribution in [-0.2, 0) is 24.3 Å². The fraction of sp³-hybridized carbons (Fsp3) is 0.517. The van der Waals surface area contributed by atoms with Crippen molar-refractivity contribution in [3.8, 4) is 5.69 Å². The Hall–Kier alpha value is -3.06. The normalized spacial score (nSPS) is 28.7. The third-order valence-corrected chi connectivity index (χ3v) is 9.19. The third kappa shape index (κ3) is 4.23. The molecule has 1 N–H and O–H groups in total. The minimum Gasteiger partial charge on any atom is -0.310 e. The number of rotatable bonds is 6. The predicted molar refractivity (Wildman–Crippen MR) is 137 cm³/mol. The Morgan fingerprint density at radius 1 is 1.03 bits per heavy atom. The SMILES string of the molecule is O=C(CC12CC3CC(CC(C3)C1)C2)Nc1ncnc2c1CCN(Cc1ccc(-n3ccnc3)cc1)C2. The number of nitrogens with one attached hydrogen (secondary N) is 1. The van der Waals surface area contributed by atoms with Crippen molar-refractivity contribution in [2.75, 3.05) is 11.9 Å². The van der Waals surface area contributed by atoms with Gasteiger partial charge >= 0.3 is 0 Å². The van der Waals surface area contributed by atoms with Crippen LogP contribution in [-0.4, -0.2) is 36.9 Å². The van der Waals surface area contributed by atoms with Crippen molar-refractivity contribution in [1.82, 2.24) is 24.4 Å². The zero-order valence-electron chi connectivity index (χ0n) is 20.8. The van der Waals surface area contributed by atoms with E-state index >= 15 is 0 Å². The van der Waals surface area contributed by atoms with Gasteiger partial charge in [-0.15, -0.1) is 0 Å². The molecule has 7 heteroatoms. The van der Waals surface area contributed by atoms with E-state index in [4.69, 9.17) is 0 Å². The number of hydrogen-bond acceptors (Lipinski definition) is 5. The molecule has 1 amide bonds. The molecule has 3 heterocycles. The van der Waals surface area contributed by atoms with Gasteiger partial charge in [0.25, 0.3) is 0 Å². The zero-order chi connectivity index (χ0) is 24.1. The minimum absolute atomic E-state index is 0.151. The Bertz CT molecular complexity index is 1220. The van der Waals surface area contributed by atoms with Crippen molar-refractivity contribution in [1.29, 1.82) is 0 Å². The van der Waals surface area contributed by atoms with Crippen molar-refractivity contribution in [3.63, 3.8) is 0 Å². The number of carbonyl (C=O) groups excluding carboxylic acids is 1. The molecule has 186 valence electrons. The second kappa shape index (κ2) is 8.80. The van der Waals surface area contributed by atoms with Gasteiger partial charge in [-0.05, 0) is 85.8 Å². The highest BCUT2D eigenvalue weighted by molar-refractivity contribution is 5.91. The first-order chi connectivity index (χ1) is 17.6. The molecule has 36 heavy (non-hydrogen) atoms. The number of carbonyl (C=O) groups is 1. The number of aromatic nitrogens is 4. The van der Waals surface area contributed by atoms with Gasteiger partial charge in [0.05, 0.1) is 12.0 Å². The standard InChI is InChI=1S/C29H34N6O/c36-27(15-29-12-21-9-22(13-29)11-23(10-21)14-29)33-28-25-5-7-34(17-26(25)31-18-32-28)16-20-1-3-24(4-2-20)35-8-6-30-19-35/h1-4,6,8,18-19,21-23H,5,7,9-17H2,(H,31,32,33,36). The van der Waals surface area contributed by atoms with Crippen LogP contribution >= 0.6 is 0 Å². The number of fused-ring (bicyclic) bond motifs is 1. The van der Waals surface area contributed by atoms with E-state index in [1.165, 1.54) is 44.1 Å². The van der Waals surface area contributed by atoms with Gasteiger partial charge in [0, 0.05) is 49.7 Å². The summed E-state index contributed by atoms with van der Waals surface area (Å²) in [5, 5.41) is 3.21. The number of amides is 1. The third-order valence-electron chi connectivity index (χ3n) is 9.19. The Balaban J connectivity index is 0.998. The van der Waals surface area contributed by atoms with Gasteiger partial charge in [0.1, 0.15) is 12.1 Å². The molecule has 0 saturated heterocycles. The summed E-state index contributed by atoms with van der Waals surface area (Å²) in [6, 6.07) is 8.63. The van der Waals surface area contributed by atoms with Gasteiger partial charge in [0.2, 0.25) is 5.91 Å². The van der Waals surface area contributed by atoms with Crippen LogP contribution < -0.4 is 5.32 Å². The molecule has 4 saturated carbocycles. The van der Waals surface area contributed by atoms with E-state index in [1.54, 1.807) is 12.5 Å². The van der Waals surface area contributed by atoms with Gasteiger partial charge < -0.3 is 9.88 Å². The molecule has 4 bridgehead atoms. The molecule has 4 aliphatic carbocycles. The summed E-state index contributed by atoms with van der Waals surface area (Å²) in [6.45, 7) is 2.59. The maximum absolute atomic E-state index is 13.2. The number of nitrogens with zero attached hydrogens (tertiary/aromatic N) is 5. The molecule has 1 aromatic carbocycles. The summed E-state index contributed by atoms with van der Waals surface area (Å²) >= 11 is 0. The van der Waals surface area contributed by atoms with Crippen LogP contribution in [0, 0.1) is 23.2 Å². The van der Waals surface area contributed by atoms with Crippen molar-refractivity contribution in [2.24, 2.45) is 23.2 Å². The molecular formula is C29H34N6O. The Morgan fingerprint density at radius 3 is 2.47 bits per heavy atom. The van der Waals surface area contributed by atoms with Crippen LogP contribution in [0.1, 0.15) is 61.8 Å². The maximum Gasteiger partial charge on any atom is 0.226 e. The topological polar surface area (TPSA) is 75.9 Å². The second-order valence-corrected chi connectivity index (χ2v) is 11.9. The van der Waals surface area contributed by atoms with Gasteiger partial charge in [0.15, 0.2) is 0 Å². The molecule has 5 aliphatic rings. The van der Waals surface area contributed by atoms with E-state index in [-0.39, 0.29) is 11.3 Å². The summed E-state index contributed by atoms with van der Waals surface area (Å²) in [6.07, 6.45) is 16.7. The maximum atomic E-state index is 13.2. The molecule has 1 aliphatic heterocycles. The molecule has 8 rings (SSSR count). The summed E-state index contributed by atoms with van der Waals surface area (Å²) in [5.74, 6) is 3.48. The largest absolute Gasteiger partial charge is 0.310 e. The smallest absolute Gasteiger partial charge is 0.226 e. The van der Waals surface area contributed by atoms with E-state index in [0.29, 0.717) is 6.42 Å². The van der Waals surface area contributed by atoms with Crippen molar-refractivity contribution in [2.45, 2.75) is 64.5 Å². The lowest BCUT2D eigenvalue weighted by Gasteiger charge is -2.56. The number of anilines is 1. The quantitative estimate of drug-likeness (QED) is 0.548. The van der Waals surface area contributed by atoms with Crippen molar-refractivity contribution in [3.05, 3.63) is 66.1 Å². The monoisotopic (exact) mass is 482 g/mol. The molecule has 0 spiro atoms. The van der Waals surface area contributed by atoms with Gasteiger partial charge in [-0.2, -0.15) is 0 Å². The van der Waals surface area contributed by atoms with Crippen LogP contribution in [0.2, 0.25) is 0 Å². The van der Waals surface area contributed by atoms with E-state index in [0.717, 1.165) is 66.6 Å². The average Bonchev–Trinajstić information content (AvgIpc) is 3.38. The van der Waals surface area contributed by atoms with E-state index in [1.807, 2.05) is 17.1 Å². The first kappa shape index (κ1) is 22.2. The molecule has 0 unspecified atom stereocenters. The lowest BCUT2D eigenvalue weighted by Crippen LogP contribution is -2.47. The Kier molecular flexibility index (Phi) is 5.42. The zero-order valence-corrected chi connectivity index (χ0v) is 20.8. The van der Waals surface area contributed by atoms with E-state index < -0.39 is 0 Å². The summed E-state index contributed by atoms with van der Waals surface area (Å²) in [4.78, 5) is 28.9. The fourth-order valence-corrected chi connectivity index (χ4v) is 8.12. The predicted octanol–water partition coefficient (Wildman–Crippen LogP) is 4.77. The molecule has 0 radical (unpaired) electrons. The highest BCUT2D eigenvalue weighted by Gasteiger charge is 2.51. The molecule has 7 nitrogen and oxygen atoms in total. The Morgan fingerprint density at radius 2 is 1.78 bits per heavy atom. The van der Waals surface area contributed by atoms with Gasteiger partial charge in [-0.3, -0.25) is 9.69 Å². The van der Waals surface area contributed by atoms with Crippen LogP contribution in [0.25, 0.3) is 5.69 Å². The lowest BCUT2D eigenvalue weighted by molar-refractivity contribution is -0.124. The van der Waals surface area contributed by atoms with Crippen molar-refractivity contribution >= 4 is 11.7 Å². The molecule has 2 aromatic heterocycles. The van der Waals surface area contributed by atoms with E-state index in [2.05, 4.69) is 49.4 Å². The molecule has 4 fully saturated rings. The summed E-state index contributed by atoms with van der Waals surface area (Å²) < 4.78 is 2.01. The second-order valence-electron chi connectivity index (χ2n) is 11.9. The first-order valence-corrected chi connectivity index (χ1v) is 13.5. The van der Waals surface area contributed by atoms with Crippen molar-refractivity contribution < 1.29 is 4.79 Å². The number of hydrogen-bond donors (Lipinski definition) is 1. The lowest BCUT2D eigenvalue weighted by atomic mass is 9.49. The Labute approximate surface area is 212 Å². The van der Waals surface area contributed by atoms with Crippen LogP contribution in [0.5, 0.6) is 0 Å². The number of imidazole rings is 1. The van der Waals surface area contributed by atoms with E-state index in [9.17, 15) is 4.79 Å². The highest BCUT2D eigenvalue weighted by atomic mass is 16.1. The fourth-order valence-electron chi connectivity index (χ4n) is 8.12. The van der Waals surface area contributed by atoms with Gasteiger partial charge in [-0.1, -0.05) is 12.1 Å². The average molecular weight is 483 g/mol. The minimum atomic E-state index is 0.151. The first-order valence-electron chi connectivity index (χ1n) is 13.5. The van der Waals surface area contributed by atoms with Crippen LogP contribution in [0.3, 0.4) is 0 Å². The van der Waals surface area contributed by atoms with Gasteiger partial charge in [-0.25, -0.2) is 15.0 Å². The molecule has 0 atom stereocenters. The summed E-state index contributed by atoms with van der Waals surface area (Å²) in [7, 11) is 0. The molecular weight excluding hydrogens is 448 g/mol. The summed E-state index contributed by atoms with van der Waals surface area (Å²) in [5.41, 5.74) is 4.79. The molecule has 3 aromatic rings.